The number of hydrogen-bond acceptors (Lipinski definition) is 1. The summed E-state index contributed by atoms with van der Waals surface area (Å²) in [6, 6.07) is 0. The van der Waals surface area contributed by atoms with E-state index in [1.165, 1.54) is 0 Å². The van der Waals surface area contributed by atoms with Crippen LogP contribution in [0.3, 0.4) is 0 Å². The van der Waals surface area contributed by atoms with Gasteiger partial charge in [0.05, 0.1) is 0 Å². The van der Waals surface area contributed by atoms with Crippen molar-refractivity contribution in [3.05, 3.63) is 0 Å². The molecule has 0 fully saturated rings. The molecule has 0 N–H and O–H groups in total. The van der Waals surface area contributed by atoms with Crippen molar-refractivity contribution in [3.63, 3.8) is 0 Å². The molecule has 0 saturated carbocycles. The van der Waals surface area contributed by atoms with Crippen LogP contribution in [0.4, 0.5) is 0 Å². The van der Waals surface area contributed by atoms with E-state index >= 15 is 0 Å². The van der Waals surface area contributed by atoms with Crippen LogP contribution in [0.25, 0.3) is 0 Å². The molecule has 16 valence electrons. The van der Waals surface area contributed by atoms with Gasteiger partial charge in [-0.15, -0.1) is 0 Å². The van der Waals surface area contributed by atoms with Gasteiger partial charge in [-0.25, -0.2) is 0 Å². The van der Waals surface area contributed by atoms with Gasteiger partial charge in [-0.2, -0.15) is 0 Å². The van der Waals surface area contributed by atoms with E-state index in [1.54, 1.807) is 0 Å². The van der Waals surface area contributed by atoms with Gasteiger partial charge in [-0.1, -0.05) is 0 Å². The zero-order valence-electron chi connectivity index (χ0n) is 2.23. The first-order valence-corrected chi connectivity index (χ1v) is 20.8. The third-order valence-corrected chi connectivity index (χ3v) is 0. The van der Waals surface area contributed by atoms with Crippen molar-refractivity contribution in [1.82, 2.24) is 0 Å². The van der Waals surface area contributed by atoms with Crippen LogP contribution in [-0.4, -0.2) is 11.4 Å². The van der Waals surface area contributed by atoms with Crippen LogP contribution >= 0.6 is 8.58 Å². The van der Waals surface area contributed by atoms with Gasteiger partial charge in [0.15, 0.2) is 0 Å². The molecule has 0 aromatic carbocycles. The third kappa shape index (κ3) is 8.82. The second-order valence-electron chi connectivity index (χ2n) is 0.118. The molecule has 0 aliphatic heterocycles. The minimum absolute atomic E-state index is 0. The molecule has 4 heavy (non-hydrogen) atoms. The minimum atomic E-state index is -0.625. The molecule has 0 heterocycles. The maximum absolute atomic E-state index is 4.56. The van der Waals surface area contributed by atoms with Crippen LogP contribution in [0.1, 0.15) is 0 Å². The van der Waals surface area contributed by atoms with Gasteiger partial charge in [0.2, 0.25) is 0 Å². The molecule has 0 saturated heterocycles. The summed E-state index contributed by atoms with van der Waals surface area (Å²) in [5.41, 5.74) is 0. The van der Waals surface area contributed by atoms with Gasteiger partial charge < -0.3 is 0 Å². The van der Waals surface area contributed by atoms with Crippen molar-refractivity contribution in [2.24, 2.45) is 0 Å². The van der Waals surface area contributed by atoms with E-state index in [4.69, 9.17) is 0 Å². The van der Waals surface area contributed by atoms with Crippen LogP contribution in [0, 0.1) is 0 Å². The molecule has 0 unspecified atom stereocenters. The first kappa shape index (κ1) is 9.78. The predicted molar refractivity (Wildman–Crippen MR) is 13.3 cm³/mol. The topological polar surface area (TPSA) is 0 Å². The van der Waals surface area contributed by atoms with Crippen molar-refractivity contribution < 1.29 is 46.7 Å². The molecular weight excluding hydrogens is 424 g/mol. The molecule has 0 atom stereocenters. The Hall–Kier alpha value is 2.60. The number of rotatable bonds is 0. The Morgan fingerprint density at radius 3 is 1.75 bits per heavy atom. The fourth-order valence-corrected chi connectivity index (χ4v) is 0. The summed E-state index contributed by atoms with van der Waals surface area (Å²) in [6.45, 7) is 0. The summed E-state index contributed by atoms with van der Waals surface area (Å²) < 4.78 is 0. The molecule has 4 heteroatoms. The molecule has 0 rings (SSSR count). The molecule has 0 spiro atoms. The van der Waals surface area contributed by atoms with Gasteiger partial charge in [-0.3, -0.25) is 0 Å². The molecule has 0 amide bonds. The Bertz CT molecular complexity index is 29.0. The Kier molecular flexibility index (Phi) is 22.3. The molecule has 0 bridgehead atoms. The summed E-state index contributed by atoms with van der Waals surface area (Å²) in [6.07, 6.45) is 0. The van der Waals surface area contributed by atoms with E-state index in [9.17, 15) is 0 Å². The van der Waals surface area contributed by atoms with Crippen molar-refractivity contribution in [2.45, 2.75) is 0 Å². The van der Waals surface area contributed by atoms with Gasteiger partial charge in [0.1, 0.15) is 0 Å². The fourth-order valence-electron chi connectivity index (χ4n) is 0. The Balaban J connectivity index is 0. The molecule has 0 aromatic heterocycles. The summed E-state index contributed by atoms with van der Waals surface area (Å²) >= 11 is 2.22. The van der Waals surface area contributed by atoms with Crippen molar-refractivity contribution in [3.8, 4) is 0 Å². The van der Waals surface area contributed by atoms with Crippen LogP contribution in [0.5, 0.6) is 0 Å². The zero-order chi connectivity index (χ0) is 2.71. The maximum atomic E-state index is 4.56. The van der Waals surface area contributed by atoms with Crippen LogP contribution in [0.15, 0.2) is 0 Å². The molecular formula is CdHgSSe. The summed E-state index contributed by atoms with van der Waals surface area (Å²) in [4.78, 5) is 0. The van der Waals surface area contributed by atoms with Gasteiger partial charge >= 0.3 is 39.4 Å². The van der Waals surface area contributed by atoms with Gasteiger partial charge in [-0.05, 0) is 0 Å². The molecule has 0 radical (unpaired) electrons. The fraction of sp³-hybridized carbons (Fsp3) is 0. The first-order chi connectivity index (χ1) is 1.41. The third-order valence-electron chi connectivity index (χ3n) is 0. The molecule has 0 aliphatic rings. The van der Waals surface area contributed by atoms with E-state index in [0.717, 1.165) is 0 Å². The van der Waals surface area contributed by atoms with Crippen LogP contribution in [0.2, 0.25) is 0 Å². The summed E-state index contributed by atoms with van der Waals surface area (Å²) in [5, 5.41) is 0. The summed E-state index contributed by atoms with van der Waals surface area (Å²) in [5.74, 6) is 0. The monoisotopic (exact) mass is 428 g/mol. The second-order valence-corrected chi connectivity index (χ2v) is 16.1. The second kappa shape index (κ2) is 9.14. The average Bonchev–Trinajstić information content (AvgIpc) is 0.918. The van der Waals surface area contributed by atoms with Crippen LogP contribution in [-0.2, 0) is 46.7 Å². The Labute approximate surface area is 65.2 Å². The zero-order valence-corrected chi connectivity index (χ0v) is 14.3. The van der Waals surface area contributed by atoms with E-state index in [2.05, 4.69) is 20.0 Å². The van der Waals surface area contributed by atoms with E-state index < -0.39 is 19.4 Å². The van der Waals surface area contributed by atoms with E-state index in [0.29, 0.717) is 0 Å². The predicted octanol–water partition coefficient (Wildman–Crippen LogP) is 0.262. The Morgan fingerprint density at radius 2 is 1.75 bits per heavy atom. The normalized spacial score (nSPS) is 5.00. The average molecular weight is 424 g/mol. The molecule has 0 aromatic rings. The van der Waals surface area contributed by atoms with Crippen LogP contribution < -0.4 is 0 Å². The Morgan fingerprint density at radius 1 is 1.75 bits per heavy atom. The van der Waals surface area contributed by atoms with Gasteiger partial charge in [0, 0.05) is 27.3 Å². The van der Waals surface area contributed by atoms with E-state index in [-0.39, 0.29) is 27.3 Å². The first-order valence-electron chi connectivity index (χ1n) is 0.577. The SMILES string of the molecule is [Cd].[S]=[Hg]=[Se]. The molecule has 0 nitrogen and oxygen atoms in total. The quantitative estimate of drug-likeness (QED) is 0.504. The van der Waals surface area contributed by atoms with Gasteiger partial charge in [0.25, 0.3) is 0 Å². The van der Waals surface area contributed by atoms with Crippen molar-refractivity contribution >= 4 is 20.0 Å². The van der Waals surface area contributed by atoms with E-state index in [1.807, 2.05) is 0 Å². The molecule has 0 aliphatic carbocycles. The summed E-state index contributed by atoms with van der Waals surface area (Å²) in [7, 11) is 4.56. The van der Waals surface area contributed by atoms with Crippen molar-refractivity contribution in [2.75, 3.05) is 0 Å². The van der Waals surface area contributed by atoms with Crippen molar-refractivity contribution in [1.29, 1.82) is 0 Å². The number of hydrogen-bond donors (Lipinski definition) is 0. The standard InChI is InChI=1S/Cd.Hg.S.Se.